The summed E-state index contributed by atoms with van der Waals surface area (Å²) in [4.78, 5) is 28.5. The zero-order valence-corrected chi connectivity index (χ0v) is 12.5. The van der Waals surface area contributed by atoms with E-state index in [4.69, 9.17) is 4.74 Å². The Morgan fingerprint density at radius 1 is 1.42 bits per heavy atom. The highest BCUT2D eigenvalue weighted by atomic mass is 32.1. The largest absolute Gasteiger partial charge is 0.464 e. The average molecular weight is 286 g/mol. The second-order valence-corrected chi connectivity index (χ2v) is 5.90. The van der Waals surface area contributed by atoms with E-state index >= 15 is 0 Å². The zero-order valence-electron chi connectivity index (χ0n) is 11.7. The molecule has 0 N–H and O–H groups in total. The van der Waals surface area contributed by atoms with Crippen molar-refractivity contribution >= 4 is 23.4 Å². The minimum absolute atomic E-state index is 0.250. The van der Waals surface area contributed by atoms with Crippen LogP contribution in [0.3, 0.4) is 0 Å². The van der Waals surface area contributed by atoms with E-state index in [1.807, 2.05) is 0 Å². The molecule has 0 saturated heterocycles. The van der Waals surface area contributed by atoms with E-state index in [1.54, 1.807) is 33.2 Å². The van der Waals surface area contributed by atoms with Gasteiger partial charge in [-0.2, -0.15) is 0 Å². The molecule has 0 aromatic carbocycles. The molecule has 1 aromatic heterocycles. The van der Waals surface area contributed by atoms with Gasteiger partial charge in [-0.3, -0.25) is 0 Å². The lowest BCUT2D eigenvalue weighted by molar-refractivity contribution is 0.0285. The van der Waals surface area contributed by atoms with Gasteiger partial charge in [0.2, 0.25) is 0 Å². The summed E-state index contributed by atoms with van der Waals surface area (Å²) in [5, 5.41) is 2.25. The first kappa shape index (κ1) is 15.4. The molecule has 7 heteroatoms. The van der Waals surface area contributed by atoms with E-state index in [-0.39, 0.29) is 12.2 Å². The minimum Gasteiger partial charge on any atom is -0.464 e. The molecule has 0 fully saturated rings. The van der Waals surface area contributed by atoms with Crippen molar-refractivity contribution in [3.8, 4) is 0 Å². The lowest BCUT2D eigenvalue weighted by Crippen LogP contribution is -2.33. The van der Waals surface area contributed by atoms with Crippen LogP contribution in [-0.4, -0.2) is 41.7 Å². The quantitative estimate of drug-likeness (QED) is 0.797. The van der Waals surface area contributed by atoms with E-state index in [0.717, 1.165) is 0 Å². The fourth-order valence-electron chi connectivity index (χ4n) is 1.19. The number of aromatic nitrogens is 1. The monoisotopic (exact) mass is 286 g/mol. The molecular weight excluding hydrogens is 268 g/mol. The summed E-state index contributed by atoms with van der Waals surface area (Å²) < 4.78 is 9.79. The summed E-state index contributed by atoms with van der Waals surface area (Å²) in [7, 11) is 2.92. The third-order valence-electron chi connectivity index (χ3n) is 2.02. The minimum atomic E-state index is -0.536. The Labute approximate surface area is 116 Å². The van der Waals surface area contributed by atoms with Gasteiger partial charge in [-0.1, -0.05) is 0 Å². The highest BCUT2D eigenvalue weighted by molar-refractivity contribution is 7.09. The van der Waals surface area contributed by atoms with Crippen molar-refractivity contribution in [2.75, 3.05) is 14.2 Å². The molecule has 6 nitrogen and oxygen atoms in total. The molecule has 19 heavy (non-hydrogen) atoms. The summed E-state index contributed by atoms with van der Waals surface area (Å²) in [6.07, 6.45) is -0.428. The van der Waals surface area contributed by atoms with Gasteiger partial charge in [0.1, 0.15) is 10.6 Å². The number of hydrogen-bond acceptors (Lipinski definition) is 6. The predicted octanol–water partition coefficient (Wildman–Crippen LogP) is 2.30. The number of carbonyl (C=O) groups is 2. The number of methoxy groups -OCH3 is 1. The SMILES string of the molecule is COC(=O)c1csc(CN(C)C(=O)OC(C)(C)C)n1. The van der Waals surface area contributed by atoms with Gasteiger partial charge in [0.15, 0.2) is 5.69 Å². The van der Waals surface area contributed by atoms with Crippen molar-refractivity contribution in [3.63, 3.8) is 0 Å². The average Bonchev–Trinajstić information content (AvgIpc) is 2.74. The van der Waals surface area contributed by atoms with Crippen LogP contribution in [0.2, 0.25) is 0 Å². The molecule has 0 bridgehead atoms. The molecule has 0 unspecified atom stereocenters. The fourth-order valence-corrected chi connectivity index (χ4v) is 2.00. The first-order valence-corrected chi connectivity index (χ1v) is 6.57. The van der Waals surface area contributed by atoms with Gasteiger partial charge < -0.3 is 14.4 Å². The Kier molecular flexibility index (Phi) is 4.88. The molecule has 1 heterocycles. The van der Waals surface area contributed by atoms with Gasteiger partial charge >= 0.3 is 12.1 Å². The summed E-state index contributed by atoms with van der Waals surface area (Å²) in [6, 6.07) is 0. The maximum atomic E-state index is 11.7. The maximum absolute atomic E-state index is 11.7. The predicted molar refractivity (Wildman–Crippen MR) is 71.2 cm³/mol. The highest BCUT2D eigenvalue weighted by Crippen LogP contribution is 2.15. The highest BCUT2D eigenvalue weighted by Gasteiger charge is 2.20. The van der Waals surface area contributed by atoms with E-state index in [1.165, 1.54) is 23.3 Å². The van der Waals surface area contributed by atoms with E-state index in [2.05, 4.69) is 9.72 Å². The molecule has 0 aliphatic carbocycles. The second-order valence-electron chi connectivity index (χ2n) is 4.95. The smallest absolute Gasteiger partial charge is 0.410 e. The molecule has 1 amide bonds. The van der Waals surface area contributed by atoms with Crippen LogP contribution in [0.4, 0.5) is 4.79 Å². The Balaban J connectivity index is 2.62. The summed E-state index contributed by atoms with van der Waals surface area (Å²) in [5.74, 6) is -0.484. The summed E-state index contributed by atoms with van der Waals surface area (Å²) >= 11 is 1.30. The Hall–Kier alpha value is -1.63. The molecule has 0 saturated carbocycles. The van der Waals surface area contributed by atoms with E-state index in [9.17, 15) is 9.59 Å². The van der Waals surface area contributed by atoms with Crippen molar-refractivity contribution in [2.24, 2.45) is 0 Å². The molecule has 0 spiro atoms. The molecule has 0 aliphatic heterocycles. The number of rotatable bonds is 3. The van der Waals surface area contributed by atoms with Crippen LogP contribution in [0.15, 0.2) is 5.38 Å². The number of esters is 1. The normalized spacial score (nSPS) is 11.0. The Morgan fingerprint density at radius 3 is 2.58 bits per heavy atom. The van der Waals surface area contributed by atoms with Crippen LogP contribution in [0.1, 0.15) is 36.3 Å². The summed E-state index contributed by atoms with van der Waals surface area (Å²) in [5.41, 5.74) is -0.286. The third kappa shape index (κ3) is 4.86. The van der Waals surface area contributed by atoms with Gasteiger partial charge in [-0.25, -0.2) is 14.6 Å². The van der Waals surface area contributed by atoms with Crippen LogP contribution in [0.5, 0.6) is 0 Å². The van der Waals surface area contributed by atoms with Crippen molar-refractivity contribution in [1.29, 1.82) is 0 Å². The number of thiazole rings is 1. The summed E-state index contributed by atoms with van der Waals surface area (Å²) in [6.45, 7) is 5.70. The van der Waals surface area contributed by atoms with Gasteiger partial charge in [0.25, 0.3) is 0 Å². The number of hydrogen-bond donors (Lipinski definition) is 0. The topological polar surface area (TPSA) is 68.7 Å². The first-order chi connectivity index (χ1) is 8.73. The molecule has 106 valence electrons. The lowest BCUT2D eigenvalue weighted by Gasteiger charge is -2.24. The van der Waals surface area contributed by atoms with Crippen molar-refractivity contribution in [1.82, 2.24) is 9.88 Å². The van der Waals surface area contributed by atoms with Gasteiger partial charge in [-0.05, 0) is 20.8 Å². The molecule has 0 radical (unpaired) electrons. The van der Waals surface area contributed by atoms with Crippen LogP contribution in [-0.2, 0) is 16.0 Å². The number of ether oxygens (including phenoxy) is 2. The van der Waals surface area contributed by atoms with Crippen molar-refractivity contribution in [2.45, 2.75) is 32.9 Å². The number of nitrogens with zero attached hydrogens (tertiary/aromatic N) is 2. The number of carbonyl (C=O) groups excluding carboxylic acids is 2. The Morgan fingerprint density at radius 2 is 2.05 bits per heavy atom. The molecule has 1 rings (SSSR count). The second kappa shape index (κ2) is 6.01. The van der Waals surface area contributed by atoms with Crippen molar-refractivity contribution in [3.05, 3.63) is 16.1 Å². The standard InChI is InChI=1S/C12H18N2O4S/c1-12(2,3)18-11(16)14(4)6-9-13-8(7-19-9)10(15)17-5/h7H,6H2,1-5H3. The third-order valence-corrected chi connectivity index (χ3v) is 2.86. The van der Waals surface area contributed by atoms with Crippen molar-refractivity contribution < 1.29 is 19.1 Å². The van der Waals surface area contributed by atoms with E-state index in [0.29, 0.717) is 5.01 Å². The maximum Gasteiger partial charge on any atom is 0.410 e. The van der Waals surface area contributed by atoms with Gasteiger partial charge in [0, 0.05) is 12.4 Å². The molecule has 0 aliphatic rings. The zero-order chi connectivity index (χ0) is 14.6. The van der Waals surface area contributed by atoms with Crippen LogP contribution in [0.25, 0.3) is 0 Å². The fraction of sp³-hybridized carbons (Fsp3) is 0.583. The molecule has 1 aromatic rings. The van der Waals surface area contributed by atoms with Crippen LogP contribution in [0, 0.1) is 0 Å². The molecular formula is C12H18N2O4S. The lowest BCUT2D eigenvalue weighted by atomic mass is 10.2. The van der Waals surface area contributed by atoms with Gasteiger partial charge in [-0.15, -0.1) is 11.3 Å². The van der Waals surface area contributed by atoms with Gasteiger partial charge in [0.05, 0.1) is 13.7 Å². The van der Waals surface area contributed by atoms with Crippen LogP contribution >= 0.6 is 11.3 Å². The van der Waals surface area contributed by atoms with E-state index < -0.39 is 17.7 Å². The molecule has 0 atom stereocenters. The van der Waals surface area contributed by atoms with Crippen LogP contribution < -0.4 is 0 Å². The Bertz CT molecular complexity index is 465. The number of amides is 1. The first-order valence-electron chi connectivity index (χ1n) is 5.70.